The Hall–Kier alpha value is -2.28. The highest BCUT2D eigenvalue weighted by atomic mass is 16.6. The minimum Gasteiger partial charge on any atom is -0.449 e. The van der Waals surface area contributed by atoms with E-state index in [4.69, 9.17) is 10.5 Å². The Bertz CT molecular complexity index is 474. The molecule has 0 atom stereocenters. The Morgan fingerprint density at radius 3 is 2.33 bits per heavy atom. The molecule has 0 aliphatic heterocycles. The van der Waals surface area contributed by atoms with Crippen LogP contribution in [0.2, 0.25) is 0 Å². The van der Waals surface area contributed by atoms with Crippen molar-refractivity contribution in [1.29, 1.82) is 0 Å². The van der Waals surface area contributed by atoms with Gasteiger partial charge < -0.3 is 20.7 Å². The molecule has 0 bridgehead atoms. The van der Waals surface area contributed by atoms with Crippen molar-refractivity contribution in [1.82, 2.24) is 4.90 Å². The molecule has 0 heterocycles. The van der Waals surface area contributed by atoms with Crippen LogP contribution in [0.3, 0.4) is 0 Å². The summed E-state index contributed by atoms with van der Waals surface area (Å²) in [5, 5.41) is 2.64. The first-order valence-electron chi connectivity index (χ1n) is 6.72. The third-order valence-corrected chi connectivity index (χ3v) is 2.72. The van der Waals surface area contributed by atoms with Crippen molar-refractivity contribution in [2.24, 2.45) is 5.73 Å². The number of nitrogens with one attached hydrogen (secondary N) is 1. The Morgan fingerprint density at radius 1 is 1.24 bits per heavy atom. The molecule has 1 aromatic carbocycles. The van der Waals surface area contributed by atoms with Crippen LogP contribution in [0.15, 0.2) is 24.3 Å². The lowest BCUT2D eigenvalue weighted by atomic mass is 10.2. The van der Waals surface area contributed by atoms with Crippen molar-refractivity contribution in [3.63, 3.8) is 0 Å². The molecule has 0 radical (unpaired) electrons. The maximum Gasteiger partial charge on any atom is 0.418 e. The Balaban J connectivity index is 2.74. The van der Waals surface area contributed by atoms with Crippen molar-refractivity contribution in [3.05, 3.63) is 24.3 Å². The molecule has 0 aliphatic carbocycles. The second kappa shape index (κ2) is 8.11. The topological polar surface area (TPSA) is 87.9 Å². The highest BCUT2D eigenvalue weighted by Crippen LogP contribution is 2.16. The zero-order chi connectivity index (χ0) is 15.8. The number of rotatable bonds is 5. The highest BCUT2D eigenvalue weighted by molar-refractivity contribution is 5.99. The SMILES string of the molecule is CCOC(=O)N(CCN)C(=O)Nc1ccc(N(C)C)cc1. The molecule has 1 aromatic rings. The minimum atomic E-state index is -0.703. The number of nitrogens with two attached hydrogens (primary N) is 1. The molecule has 7 nitrogen and oxygen atoms in total. The molecule has 7 heteroatoms. The lowest BCUT2D eigenvalue weighted by molar-refractivity contribution is 0.118. The normalized spacial score (nSPS) is 9.90. The first kappa shape index (κ1) is 16.8. The van der Waals surface area contributed by atoms with Gasteiger partial charge in [0.25, 0.3) is 0 Å². The van der Waals surface area contributed by atoms with Gasteiger partial charge in [0.1, 0.15) is 0 Å². The van der Waals surface area contributed by atoms with Gasteiger partial charge in [-0.3, -0.25) is 0 Å². The summed E-state index contributed by atoms with van der Waals surface area (Å²) in [5.74, 6) is 0. The fourth-order valence-electron chi connectivity index (χ4n) is 1.64. The van der Waals surface area contributed by atoms with Crippen LogP contribution in [-0.2, 0) is 4.74 Å². The summed E-state index contributed by atoms with van der Waals surface area (Å²) < 4.78 is 4.83. The largest absolute Gasteiger partial charge is 0.449 e. The van der Waals surface area contributed by atoms with Gasteiger partial charge in [-0.15, -0.1) is 0 Å². The molecule has 0 fully saturated rings. The van der Waals surface area contributed by atoms with E-state index in [1.54, 1.807) is 19.1 Å². The minimum absolute atomic E-state index is 0.0977. The molecule has 0 unspecified atom stereocenters. The van der Waals surface area contributed by atoms with E-state index < -0.39 is 12.1 Å². The Labute approximate surface area is 124 Å². The van der Waals surface area contributed by atoms with E-state index >= 15 is 0 Å². The second-order valence-corrected chi connectivity index (χ2v) is 4.51. The third kappa shape index (κ3) is 4.96. The molecule has 1 rings (SSSR count). The van der Waals surface area contributed by atoms with Gasteiger partial charge in [0, 0.05) is 38.6 Å². The molecule has 3 N–H and O–H groups in total. The molecular formula is C14H22N4O3. The van der Waals surface area contributed by atoms with E-state index in [0.717, 1.165) is 10.6 Å². The predicted molar refractivity (Wildman–Crippen MR) is 82.6 cm³/mol. The van der Waals surface area contributed by atoms with E-state index in [1.165, 1.54) is 0 Å². The van der Waals surface area contributed by atoms with Gasteiger partial charge in [0.2, 0.25) is 0 Å². The van der Waals surface area contributed by atoms with Crippen LogP contribution in [0.5, 0.6) is 0 Å². The number of hydrogen-bond acceptors (Lipinski definition) is 5. The summed E-state index contributed by atoms with van der Waals surface area (Å²) in [5.41, 5.74) is 7.02. The second-order valence-electron chi connectivity index (χ2n) is 4.51. The predicted octanol–water partition coefficient (Wildman–Crippen LogP) is 1.70. The summed E-state index contributed by atoms with van der Waals surface area (Å²) >= 11 is 0. The Morgan fingerprint density at radius 2 is 1.86 bits per heavy atom. The number of carbonyl (C=O) groups is 2. The quantitative estimate of drug-likeness (QED) is 0.863. The van der Waals surface area contributed by atoms with Crippen molar-refractivity contribution < 1.29 is 14.3 Å². The number of nitrogens with zero attached hydrogens (tertiary/aromatic N) is 2. The van der Waals surface area contributed by atoms with Crippen LogP contribution >= 0.6 is 0 Å². The molecule has 0 saturated carbocycles. The molecule has 0 aromatic heterocycles. The molecule has 0 spiro atoms. The molecule has 21 heavy (non-hydrogen) atoms. The van der Waals surface area contributed by atoms with Gasteiger partial charge in [-0.05, 0) is 31.2 Å². The Kier molecular flexibility index (Phi) is 6.48. The summed E-state index contributed by atoms with van der Waals surface area (Å²) in [6.07, 6.45) is -0.703. The number of carbonyl (C=O) groups excluding carboxylic acids is 2. The zero-order valence-corrected chi connectivity index (χ0v) is 12.6. The molecule has 3 amide bonds. The maximum atomic E-state index is 12.1. The van der Waals surface area contributed by atoms with E-state index in [2.05, 4.69) is 5.32 Å². The lowest BCUT2D eigenvalue weighted by Gasteiger charge is -2.20. The number of imide groups is 1. The molecular weight excluding hydrogens is 272 g/mol. The first-order valence-corrected chi connectivity index (χ1v) is 6.72. The van der Waals surface area contributed by atoms with Gasteiger partial charge in [-0.1, -0.05) is 0 Å². The summed E-state index contributed by atoms with van der Waals surface area (Å²) in [6.45, 7) is 2.15. The molecule has 0 aliphatic rings. The lowest BCUT2D eigenvalue weighted by Crippen LogP contribution is -2.43. The van der Waals surface area contributed by atoms with E-state index in [9.17, 15) is 9.59 Å². The first-order chi connectivity index (χ1) is 9.99. The van der Waals surface area contributed by atoms with E-state index in [1.807, 2.05) is 31.1 Å². The van der Waals surface area contributed by atoms with Crippen LogP contribution < -0.4 is 16.0 Å². The fraction of sp³-hybridized carbons (Fsp3) is 0.429. The van der Waals surface area contributed by atoms with Gasteiger partial charge in [-0.2, -0.15) is 0 Å². The number of amides is 3. The van der Waals surface area contributed by atoms with E-state index in [0.29, 0.717) is 5.69 Å². The molecule has 116 valence electrons. The molecule has 0 saturated heterocycles. The van der Waals surface area contributed by atoms with Crippen molar-refractivity contribution >= 4 is 23.5 Å². The van der Waals surface area contributed by atoms with Gasteiger partial charge >= 0.3 is 12.1 Å². The number of ether oxygens (including phenoxy) is 1. The van der Waals surface area contributed by atoms with Crippen molar-refractivity contribution in [2.45, 2.75) is 6.92 Å². The van der Waals surface area contributed by atoms with Crippen LogP contribution in [0, 0.1) is 0 Å². The average molecular weight is 294 g/mol. The van der Waals surface area contributed by atoms with Crippen LogP contribution in [-0.4, -0.2) is 50.8 Å². The standard InChI is InChI=1S/C14H22N4O3/c1-4-21-14(20)18(10-9-15)13(19)16-11-5-7-12(8-6-11)17(2)3/h5-8H,4,9-10,15H2,1-3H3,(H,16,19). The van der Waals surface area contributed by atoms with E-state index in [-0.39, 0.29) is 19.7 Å². The third-order valence-electron chi connectivity index (χ3n) is 2.72. The number of anilines is 2. The smallest absolute Gasteiger partial charge is 0.418 e. The summed E-state index contributed by atoms with van der Waals surface area (Å²) in [4.78, 5) is 26.7. The monoisotopic (exact) mass is 294 g/mol. The van der Waals surface area contributed by atoms with Crippen LogP contribution in [0.4, 0.5) is 21.0 Å². The van der Waals surface area contributed by atoms with Crippen LogP contribution in [0.25, 0.3) is 0 Å². The van der Waals surface area contributed by atoms with Gasteiger partial charge in [0.15, 0.2) is 0 Å². The average Bonchev–Trinajstić information content (AvgIpc) is 2.45. The number of benzene rings is 1. The summed E-state index contributed by atoms with van der Waals surface area (Å²) in [7, 11) is 3.86. The zero-order valence-electron chi connectivity index (χ0n) is 12.6. The summed E-state index contributed by atoms with van der Waals surface area (Å²) in [6, 6.07) is 6.70. The van der Waals surface area contributed by atoms with Crippen molar-refractivity contribution in [2.75, 3.05) is 44.0 Å². The number of urea groups is 1. The maximum absolute atomic E-state index is 12.1. The van der Waals surface area contributed by atoms with Crippen LogP contribution in [0.1, 0.15) is 6.92 Å². The van der Waals surface area contributed by atoms with Gasteiger partial charge in [0.05, 0.1) is 6.61 Å². The number of hydrogen-bond donors (Lipinski definition) is 2. The van der Waals surface area contributed by atoms with Crippen molar-refractivity contribution in [3.8, 4) is 0 Å². The van der Waals surface area contributed by atoms with Gasteiger partial charge in [-0.25, -0.2) is 14.5 Å². The highest BCUT2D eigenvalue weighted by Gasteiger charge is 2.21. The fourth-order valence-corrected chi connectivity index (χ4v) is 1.64.